The van der Waals surface area contributed by atoms with Crippen molar-refractivity contribution >= 4 is 0 Å². The zero-order chi connectivity index (χ0) is 21.4. The summed E-state index contributed by atoms with van der Waals surface area (Å²) >= 11 is 0. The quantitative estimate of drug-likeness (QED) is 0.117. The Bertz CT molecular complexity index is 316. The summed E-state index contributed by atoms with van der Waals surface area (Å²) in [5, 5.41) is 0. The molecule has 0 bridgehead atoms. The van der Waals surface area contributed by atoms with Crippen molar-refractivity contribution in [3.8, 4) is 0 Å². The van der Waals surface area contributed by atoms with Gasteiger partial charge in [-0.1, -0.05) is 149 Å². The van der Waals surface area contributed by atoms with E-state index in [0.29, 0.717) is 0 Å². The van der Waals surface area contributed by atoms with E-state index in [1.165, 1.54) is 122 Å². The average molecular weight is 405 g/mol. The molecule has 172 valence electrons. The first kappa shape index (κ1) is 28.7. The summed E-state index contributed by atoms with van der Waals surface area (Å²) in [4.78, 5) is 0. The van der Waals surface area contributed by atoms with E-state index in [4.69, 9.17) is 0 Å². The van der Waals surface area contributed by atoms with Crippen LogP contribution in [0.5, 0.6) is 0 Å². The maximum absolute atomic E-state index is 3.92. The van der Waals surface area contributed by atoms with Gasteiger partial charge >= 0.3 is 0 Å². The summed E-state index contributed by atoms with van der Waals surface area (Å²) in [6.07, 6.45) is 33.6. The number of hydrogen-bond acceptors (Lipinski definition) is 0. The first-order valence-corrected chi connectivity index (χ1v) is 13.4. The van der Waals surface area contributed by atoms with Crippen LogP contribution in [0.1, 0.15) is 149 Å². The third-order valence-corrected chi connectivity index (χ3v) is 6.45. The molecule has 0 aromatic heterocycles. The van der Waals surface area contributed by atoms with Gasteiger partial charge in [0.05, 0.1) is 0 Å². The van der Waals surface area contributed by atoms with Crippen molar-refractivity contribution in [3.05, 3.63) is 26.0 Å². The predicted octanol–water partition coefficient (Wildman–Crippen LogP) is 10.7. The van der Waals surface area contributed by atoms with Gasteiger partial charge in [-0.3, -0.25) is 0 Å². The zero-order valence-corrected chi connectivity index (χ0v) is 20.6. The first-order chi connectivity index (χ1) is 14.2. The topological polar surface area (TPSA) is 0 Å². The number of rotatable bonds is 23. The van der Waals surface area contributed by atoms with Crippen molar-refractivity contribution in [3.63, 3.8) is 0 Å². The highest BCUT2D eigenvalue weighted by molar-refractivity contribution is 4.82. The largest absolute Gasteiger partial charge is 0.0885 e. The van der Waals surface area contributed by atoms with E-state index in [2.05, 4.69) is 39.8 Å². The fraction of sp³-hybridized carbons (Fsp3) is 0.862. The first-order valence-electron chi connectivity index (χ1n) is 13.4. The molecule has 0 aliphatic rings. The van der Waals surface area contributed by atoms with Crippen molar-refractivity contribution < 1.29 is 0 Å². The van der Waals surface area contributed by atoms with Crippen LogP contribution in [-0.2, 0) is 0 Å². The predicted molar refractivity (Wildman–Crippen MR) is 135 cm³/mol. The lowest BCUT2D eigenvalue weighted by atomic mass is 9.96. The molecule has 0 N–H and O–H groups in total. The molecule has 0 saturated carbocycles. The van der Waals surface area contributed by atoms with Crippen LogP contribution < -0.4 is 0 Å². The smallest absolute Gasteiger partial charge is 0.0348 e. The molecule has 2 radical (unpaired) electrons. The van der Waals surface area contributed by atoms with Gasteiger partial charge < -0.3 is 0 Å². The van der Waals surface area contributed by atoms with Gasteiger partial charge in [0.2, 0.25) is 0 Å². The van der Waals surface area contributed by atoms with Crippen LogP contribution >= 0.6 is 0 Å². The van der Waals surface area contributed by atoms with Gasteiger partial charge in [-0.25, -0.2) is 0 Å². The summed E-state index contributed by atoms with van der Waals surface area (Å²) in [5.41, 5.74) is 0. The van der Waals surface area contributed by atoms with Crippen LogP contribution in [0, 0.1) is 25.7 Å². The molecule has 0 spiro atoms. The standard InChI is InChI=1S/C29H56/c1-5-7-9-16-20-24-28(3)26-22-18-14-12-11-13-15-19-23-27-29(4)25-21-17-10-8-6-2/h14,18,28-29H,1-2,5-13,15-17,19-27H2,3-4H3. The van der Waals surface area contributed by atoms with Gasteiger partial charge in [0.15, 0.2) is 0 Å². The Balaban J connectivity index is 3.29. The maximum atomic E-state index is 3.92. The van der Waals surface area contributed by atoms with Crippen molar-refractivity contribution in [2.75, 3.05) is 0 Å². The van der Waals surface area contributed by atoms with Gasteiger partial charge in [-0.05, 0) is 37.5 Å². The van der Waals surface area contributed by atoms with Crippen LogP contribution in [0.25, 0.3) is 0 Å². The summed E-state index contributed by atoms with van der Waals surface area (Å²) in [5.74, 6) is 1.84. The summed E-state index contributed by atoms with van der Waals surface area (Å²) in [6, 6.07) is 0. The van der Waals surface area contributed by atoms with Crippen molar-refractivity contribution in [1.29, 1.82) is 0 Å². The lowest BCUT2D eigenvalue weighted by Gasteiger charge is -2.10. The van der Waals surface area contributed by atoms with Crippen LogP contribution in [0.2, 0.25) is 0 Å². The van der Waals surface area contributed by atoms with Crippen molar-refractivity contribution in [2.45, 2.75) is 149 Å². The molecular formula is C29H56. The van der Waals surface area contributed by atoms with E-state index >= 15 is 0 Å². The Labute approximate surface area is 186 Å². The second-order valence-corrected chi connectivity index (χ2v) is 9.72. The minimum absolute atomic E-state index is 0.899. The number of allylic oxidation sites excluding steroid dienone is 2. The van der Waals surface area contributed by atoms with E-state index < -0.39 is 0 Å². The molecule has 0 rings (SSSR count). The van der Waals surface area contributed by atoms with Gasteiger partial charge in [0, 0.05) is 0 Å². The third-order valence-electron chi connectivity index (χ3n) is 6.45. The molecule has 0 heterocycles. The van der Waals surface area contributed by atoms with Gasteiger partial charge in [0.1, 0.15) is 0 Å². The SMILES string of the molecule is [CH2]CCCCCCC(C)CCC=CCCCCCCCC(C)CCCCCC[CH2]. The highest BCUT2D eigenvalue weighted by Gasteiger charge is 2.02. The number of hydrogen-bond donors (Lipinski definition) is 0. The maximum Gasteiger partial charge on any atom is -0.0348 e. The Morgan fingerprint density at radius 1 is 0.448 bits per heavy atom. The number of unbranched alkanes of at least 4 members (excludes halogenated alkanes) is 13. The Morgan fingerprint density at radius 2 is 0.828 bits per heavy atom. The lowest BCUT2D eigenvalue weighted by molar-refractivity contribution is 0.433. The molecule has 2 unspecified atom stereocenters. The molecule has 0 heteroatoms. The van der Waals surface area contributed by atoms with E-state index in [1.807, 2.05) is 0 Å². The van der Waals surface area contributed by atoms with Gasteiger partial charge in [-0.2, -0.15) is 0 Å². The van der Waals surface area contributed by atoms with E-state index in [0.717, 1.165) is 24.7 Å². The molecule has 0 saturated heterocycles. The normalized spacial score (nSPS) is 13.9. The molecular weight excluding hydrogens is 348 g/mol. The molecule has 0 fully saturated rings. The molecule has 0 aliphatic carbocycles. The second kappa shape index (κ2) is 24.0. The second-order valence-electron chi connectivity index (χ2n) is 9.72. The molecule has 0 aromatic carbocycles. The van der Waals surface area contributed by atoms with Crippen LogP contribution in [0.15, 0.2) is 12.2 Å². The van der Waals surface area contributed by atoms with Crippen LogP contribution in [0.4, 0.5) is 0 Å². The Kier molecular flexibility index (Phi) is 23.8. The minimum atomic E-state index is 0.899. The summed E-state index contributed by atoms with van der Waals surface area (Å²) < 4.78 is 0. The highest BCUT2D eigenvalue weighted by Crippen LogP contribution is 2.19. The molecule has 0 amide bonds. The van der Waals surface area contributed by atoms with E-state index in [-0.39, 0.29) is 0 Å². The molecule has 0 aliphatic heterocycles. The molecule has 0 aromatic rings. The summed E-state index contributed by atoms with van der Waals surface area (Å²) in [6.45, 7) is 12.7. The highest BCUT2D eigenvalue weighted by atomic mass is 14.1. The Hall–Kier alpha value is -0.260. The molecule has 2 atom stereocenters. The fourth-order valence-electron chi connectivity index (χ4n) is 4.24. The van der Waals surface area contributed by atoms with Gasteiger partial charge in [-0.15, -0.1) is 0 Å². The fourth-order valence-corrected chi connectivity index (χ4v) is 4.24. The van der Waals surface area contributed by atoms with Crippen molar-refractivity contribution in [2.24, 2.45) is 11.8 Å². The molecule has 29 heavy (non-hydrogen) atoms. The Morgan fingerprint density at radius 3 is 1.34 bits per heavy atom. The zero-order valence-electron chi connectivity index (χ0n) is 20.6. The van der Waals surface area contributed by atoms with Gasteiger partial charge in [0.25, 0.3) is 0 Å². The monoisotopic (exact) mass is 404 g/mol. The third kappa shape index (κ3) is 23.9. The average Bonchev–Trinajstić information content (AvgIpc) is 2.71. The minimum Gasteiger partial charge on any atom is -0.0885 e. The van der Waals surface area contributed by atoms with Crippen LogP contribution in [0.3, 0.4) is 0 Å². The lowest BCUT2D eigenvalue weighted by Crippen LogP contribution is -1.95. The summed E-state index contributed by atoms with van der Waals surface area (Å²) in [7, 11) is 0. The van der Waals surface area contributed by atoms with E-state index in [1.54, 1.807) is 0 Å². The van der Waals surface area contributed by atoms with Crippen molar-refractivity contribution in [1.82, 2.24) is 0 Å². The molecule has 0 nitrogen and oxygen atoms in total. The van der Waals surface area contributed by atoms with E-state index in [9.17, 15) is 0 Å². The van der Waals surface area contributed by atoms with Crippen LogP contribution in [-0.4, -0.2) is 0 Å².